The molecule has 76 valence electrons. The number of ether oxygens (including phenoxy) is 1. The molecule has 0 bridgehead atoms. The van der Waals surface area contributed by atoms with Crippen molar-refractivity contribution in [2.24, 2.45) is 0 Å². The van der Waals surface area contributed by atoms with Gasteiger partial charge in [0, 0.05) is 0 Å². The summed E-state index contributed by atoms with van der Waals surface area (Å²) in [6, 6.07) is 8.64. The second-order valence-corrected chi connectivity index (χ2v) is 4.21. The molecule has 1 aliphatic carbocycles. The lowest BCUT2D eigenvalue weighted by molar-refractivity contribution is 0.185. The van der Waals surface area contributed by atoms with Gasteiger partial charge in [0.05, 0.1) is 13.2 Å². The maximum Gasteiger partial charge on any atom is 0.0730 e. The van der Waals surface area contributed by atoms with Gasteiger partial charge in [0.15, 0.2) is 0 Å². The lowest BCUT2D eigenvalue weighted by Crippen LogP contribution is -2.17. The summed E-state index contributed by atoms with van der Waals surface area (Å²) in [5.41, 5.74) is 6.81. The first-order valence-electron chi connectivity index (χ1n) is 5.42. The fraction of sp³-hybridized carbons (Fsp3) is 0.286. The van der Waals surface area contributed by atoms with Gasteiger partial charge in [0.2, 0.25) is 0 Å². The highest BCUT2D eigenvalue weighted by atomic mass is 16.5. The Morgan fingerprint density at radius 1 is 1.00 bits per heavy atom. The predicted octanol–water partition coefficient (Wildman–Crippen LogP) is 2.97. The number of hydrogen-bond acceptors (Lipinski definition) is 1. The molecular weight excluding hydrogens is 184 g/mol. The second kappa shape index (κ2) is 3.35. The SMILES string of the molecule is C=C1COCC2=C1CCc1ccccc12. The zero-order valence-electron chi connectivity index (χ0n) is 8.75. The third-order valence-electron chi connectivity index (χ3n) is 3.30. The van der Waals surface area contributed by atoms with E-state index >= 15 is 0 Å². The lowest BCUT2D eigenvalue weighted by atomic mass is 9.82. The number of aryl methyl sites for hydroxylation is 1. The molecule has 0 saturated heterocycles. The van der Waals surface area contributed by atoms with Crippen molar-refractivity contribution in [3.05, 3.63) is 53.1 Å². The first kappa shape index (κ1) is 8.93. The van der Waals surface area contributed by atoms with Gasteiger partial charge >= 0.3 is 0 Å². The summed E-state index contributed by atoms with van der Waals surface area (Å²) in [5, 5.41) is 0. The Balaban J connectivity index is 2.18. The summed E-state index contributed by atoms with van der Waals surface area (Å²) in [6.07, 6.45) is 2.28. The van der Waals surface area contributed by atoms with E-state index in [4.69, 9.17) is 4.74 Å². The molecule has 0 saturated carbocycles. The Morgan fingerprint density at radius 2 is 1.87 bits per heavy atom. The van der Waals surface area contributed by atoms with Crippen LogP contribution in [0.1, 0.15) is 17.5 Å². The third kappa shape index (κ3) is 1.35. The summed E-state index contributed by atoms with van der Waals surface area (Å²) in [4.78, 5) is 0. The van der Waals surface area contributed by atoms with Crippen LogP contribution in [0.2, 0.25) is 0 Å². The largest absolute Gasteiger partial charge is 0.372 e. The van der Waals surface area contributed by atoms with Gasteiger partial charge < -0.3 is 4.74 Å². The Bertz CT molecular complexity index is 454. The minimum Gasteiger partial charge on any atom is -0.372 e. The molecule has 0 aromatic heterocycles. The maximum absolute atomic E-state index is 5.55. The van der Waals surface area contributed by atoms with Crippen LogP contribution in [0.25, 0.3) is 5.57 Å². The Morgan fingerprint density at radius 3 is 2.80 bits per heavy atom. The van der Waals surface area contributed by atoms with Gasteiger partial charge in [0.25, 0.3) is 0 Å². The fourth-order valence-corrected chi connectivity index (χ4v) is 2.52. The van der Waals surface area contributed by atoms with Gasteiger partial charge in [-0.3, -0.25) is 0 Å². The molecular formula is C14H14O. The van der Waals surface area contributed by atoms with Crippen molar-refractivity contribution in [3.8, 4) is 0 Å². The highest BCUT2D eigenvalue weighted by molar-refractivity contribution is 5.77. The topological polar surface area (TPSA) is 9.23 Å². The molecule has 1 aliphatic heterocycles. The molecule has 0 atom stereocenters. The van der Waals surface area contributed by atoms with Gasteiger partial charge in [-0.1, -0.05) is 30.8 Å². The van der Waals surface area contributed by atoms with E-state index in [0.29, 0.717) is 6.61 Å². The van der Waals surface area contributed by atoms with E-state index in [1.165, 1.54) is 27.8 Å². The van der Waals surface area contributed by atoms with Crippen LogP contribution in [0.15, 0.2) is 42.0 Å². The molecule has 0 amide bonds. The van der Waals surface area contributed by atoms with Crippen molar-refractivity contribution >= 4 is 5.57 Å². The molecule has 15 heavy (non-hydrogen) atoms. The van der Waals surface area contributed by atoms with Gasteiger partial charge in [-0.05, 0) is 40.7 Å². The summed E-state index contributed by atoms with van der Waals surface area (Å²) in [6.45, 7) is 5.55. The maximum atomic E-state index is 5.55. The first-order valence-corrected chi connectivity index (χ1v) is 5.42. The van der Waals surface area contributed by atoms with Crippen LogP contribution in [0, 0.1) is 0 Å². The molecule has 0 spiro atoms. The zero-order valence-corrected chi connectivity index (χ0v) is 8.75. The Hall–Kier alpha value is -1.34. The lowest BCUT2D eigenvalue weighted by Gasteiger charge is -2.28. The molecule has 1 heteroatoms. The zero-order chi connectivity index (χ0) is 10.3. The minimum absolute atomic E-state index is 0.709. The Labute approximate surface area is 90.1 Å². The molecule has 1 aromatic rings. The number of fused-ring (bicyclic) bond motifs is 2. The third-order valence-corrected chi connectivity index (χ3v) is 3.30. The standard InChI is InChI=1S/C14H14O/c1-10-8-15-9-14-12(10)7-6-11-4-2-3-5-13(11)14/h2-5H,1,6-9H2. The molecule has 2 aliphatic rings. The van der Waals surface area contributed by atoms with Gasteiger partial charge in [-0.2, -0.15) is 0 Å². The second-order valence-electron chi connectivity index (χ2n) is 4.21. The van der Waals surface area contributed by atoms with Gasteiger partial charge in [-0.25, -0.2) is 0 Å². The molecule has 0 fully saturated rings. The molecule has 0 N–H and O–H groups in total. The molecule has 1 nitrogen and oxygen atoms in total. The highest BCUT2D eigenvalue weighted by Gasteiger charge is 2.23. The van der Waals surface area contributed by atoms with Crippen molar-refractivity contribution in [1.29, 1.82) is 0 Å². The summed E-state index contributed by atoms with van der Waals surface area (Å²) in [7, 11) is 0. The molecule has 1 heterocycles. The van der Waals surface area contributed by atoms with Crippen LogP contribution in [-0.2, 0) is 11.2 Å². The van der Waals surface area contributed by atoms with Crippen LogP contribution in [0.5, 0.6) is 0 Å². The predicted molar refractivity (Wildman–Crippen MR) is 61.6 cm³/mol. The van der Waals surface area contributed by atoms with E-state index in [9.17, 15) is 0 Å². The highest BCUT2D eigenvalue weighted by Crippen LogP contribution is 2.36. The van der Waals surface area contributed by atoms with E-state index in [1.54, 1.807) is 0 Å². The van der Waals surface area contributed by atoms with Crippen LogP contribution in [0.4, 0.5) is 0 Å². The van der Waals surface area contributed by atoms with Crippen molar-refractivity contribution in [3.63, 3.8) is 0 Å². The van der Waals surface area contributed by atoms with Crippen LogP contribution < -0.4 is 0 Å². The molecule has 0 radical (unpaired) electrons. The molecule has 1 aromatic carbocycles. The average molecular weight is 198 g/mol. The number of benzene rings is 1. The van der Waals surface area contributed by atoms with Crippen LogP contribution >= 0.6 is 0 Å². The quantitative estimate of drug-likeness (QED) is 0.622. The van der Waals surface area contributed by atoms with Crippen LogP contribution in [0.3, 0.4) is 0 Å². The van der Waals surface area contributed by atoms with E-state index in [1.807, 2.05) is 0 Å². The summed E-state index contributed by atoms with van der Waals surface area (Å²) >= 11 is 0. The Kier molecular flexibility index (Phi) is 2.00. The molecule has 3 rings (SSSR count). The van der Waals surface area contributed by atoms with Crippen LogP contribution in [-0.4, -0.2) is 13.2 Å². The normalized spacial score (nSPS) is 19.9. The van der Waals surface area contributed by atoms with Crippen molar-refractivity contribution < 1.29 is 4.74 Å². The van der Waals surface area contributed by atoms with Crippen molar-refractivity contribution in [2.45, 2.75) is 12.8 Å². The van der Waals surface area contributed by atoms with E-state index in [2.05, 4.69) is 30.8 Å². The average Bonchev–Trinajstić information content (AvgIpc) is 2.29. The molecule has 0 unspecified atom stereocenters. The first-order chi connectivity index (χ1) is 7.36. The number of rotatable bonds is 0. The number of hydrogen-bond donors (Lipinski definition) is 0. The summed E-state index contributed by atoms with van der Waals surface area (Å²) in [5.74, 6) is 0. The van der Waals surface area contributed by atoms with Gasteiger partial charge in [-0.15, -0.1) is 0 Å². The smallest absolute Gasteiger partial charge is 0.0730 e. The van der Waals surface area contributed by atoms with Crippen molar-refractivity contribution in [2.75, 3.05) is 13.2 Å². The monoisotopic (exact) mass is 198 g/mol. The fourth-order valence-electron chi connectivity index (χ4n) is 2.52. The summed E-state index contributed by atoms with van der Waals surface area (Å²) < 4.78 is 5.55. The van der Waals surface area contributed by atoms with Gasteiger partial charge in [0.1, 0.15) is 0 Å². The van der Waals surface area contributed by atoms with E-state index in [0.717, 1.165) is 19.4 Å². The minimum atomic E-state index is 0.709. The van der Waals surface area contributed by atoms with E-state index < -0.39 is 0 Å². The van der Waals surface area contributed by atoms with E-state index in [-0.39, 0.29) is 0 Å². The van der Waals surface area contributed by atoms with Crippen molar-refractivity contribution in [1.82, 2.24) is 0 Å².